The third-order valence-corrected chi connectivity index (χ3v) is 1.98. The van der Waals surface area contributed by atoms with E-state index >= 15 is 0 Å². The van der Waals surface area contributed by atoms with Crippen molar-refractivity contribution in [3.05, 3.63) is 29.3 Å². The Bertz CT molecular complexity index is 423. The minimum Gasteiger partial charge on any atom is -0.496 e. The smallest absolute Gasteiger partial charge is 0.325 e. The fourth-order valence-electron chi connectivity index (χ4n) is 1.26. The Labute approximate surface area is 86.7 Å². The summed E-state index contributed by atoms with van der Waals surface area (Å²) in [5.41, 5.74) is 5.88. The van der Waals surface area contributed by atoms with Crippen LogP contribution in [0.4, 0.5) is 0 Å². The second-order valence-electron chi connectivity index (χ2n) is 2.85. The summed E-state index contributed by atoms with van der Waals surface area (Å²) in [4.78, 5) is 10.7. The minimum absolute atomic E-state index is 0.204. The van der Waals surface area contributed by atoms with E-state index in [2.05, 4.69) is 0 Å². The molecule has 3 N–H and O–H groups in total. The highest BCUT2D eigenvalue weighted by Crippen LogP contribution is 2.27. The standard InChI is InChI=1S/C10H10N2O3/c1-15-7-4-2-3-6(5-11)8(7)9(12)10(13)14/h2-4,9H,12H2,1H3,(H,13,14). The van der Waals surface area contributed by atoms with Crippen LogP contribution in [0.25, 0.3) is 0 Å². The zero-order valence-corrected chi connectivity index (χ0v) is 8.10. The van der Waals surface area contributed by atoms with E-state index in [1.807, 2.05) is 6.07 Å². The van der Waals surface area contributed by atoms with Gasteiger partial charge in [0.05, 0.1) is 18.7 Å². The van der Waals surface area contributed by atoms with Gasteiger partial charge >= 0.3 is 5.97 Å². The van der Waals surface area contributed by atoms with Gasteiger partial charge < -0.3 is 15.6 Å². The van der Waals surface area contributed by atoms with E-state index in [9.17, 15) is 4.79 Å². The van der Waals surface area contributed by atoms with Gasteiger partial charge in [-0.2, -0.15) is 5.26 Å². The molecule has 5 heteroatoms. The number of methoxy groups -OCH3 is 1. The first-order valence-corrected chi connectivity index (χ1v) is 4.17. The fourth-order valence-corrected chi connectivity index (χ4v) is 1.26. The summed E-state index contributed by atoms with van der Waals surface area (Å²) in [6.45, 7) is 0. The first-order chi connectivity index (χ1) is 7.11. The molecule has 78 valence electrons. The molecule has 0 heterocycles. The number of aliphatic carboxylic acids is 1. The van der Waals surface area contributed by atoms with Crippen LogP contribution in [0.5, 0.6) is 5.75 Å². The SMILES string of the molecule is COc1cccc(C#N)c1C(N)C(=O)O. The molecule has 0 aliphatic heterocycles. The van der Waals surface area contributed by atoms with Crippen LogP contribution in [0, 0.1) is 11.3 Å². The van der Waals surface area contributed by atoms with Gasteiger partial charge in [0.1, 0.15) is 11.8 Å². The molecule has 1 unspecified atom stereocenters. The number of ether oxygens (including phenoxy) is 1. The van der Waals surface area contributed by atoms with Crippen molar-refractivity contribution in [1.82, 2.24) is 0 Å². The van der Waals surface area contributed by atoms with Crippen molar-refractivity contribution in [3.8, 4) is 11.8 Å². The molecule has 0 saturated heterocycles. The number of carbonyl (C=O) groups is 1. The van der Waals surface area contributed by atoms with E-state index < -0.39 is 12.0 Å². The van der Waals surface area contributed by atoms with E-state index in [1.165, 1.54) is 13.2 Å². The number of nitrogens with two attached hydrogens (primary N) is 1. The maximum absolute atomic E-state index is 10.7. The van der Waals surface area contributed by atoms with E-state index in [1.54, 1.807) is 12.1 Å². The normalized spacial score (nSPS) is 11.5. The number of nitrogens with zero attached hydrogens (tertiary/aromatic N) is 1. The summed E-state index contributed by atoms with van der Waals surface area (Å²) in [7, 11) is 1.40. The summed E-state index contributed by atoms with van der Waals surface area (Å²) in [6, 6.07) is 5.30. The predicted molar refractivity (Wildman–Crippen MR) is 52.3 cm³/mol. The largest absolute Gasteiger partial charge is 0.496 e. The molecule has 0 aliphatic carbocycles. The fraction of sp³-hybridized carbons (Fsp3) is 0.200. The third kappa shape index (κ3) is 2.06. The van der Waals surface area contributed by atoms with Crippen LogP contribution in [-0.4, -0.2) is 18.2 Å². The van der Waals surface area contributed by atoms with Crippen LogP contribution in [0.3, 0.4) is 0 Å². The van der Waals surface area contributed by atoms with Crippen molar-refractivity contribution < 1.29 is 14.6 Å². The van der Waals surface area contributed by atoms with Gasteiger partial charge in [-0.15, -0.1) is 0 Å². The lowest BCUT2D eigenvalue weighted by Crippen LogP contribution is -2.22. The molecular formula is C10H10N2O3. The number of nitriles is 1. The number of benzene rings is 1. The molecular weight excluding hydrogens is 196 g/mol. The van der Waals surface area contributed by atoms with Crippen molar-refractivity contribution in [3.63, 3.8) is 0 Å². The van der Waals surface area contributed by atoms with E-state index in [0.29, 0.717) is 5.75 Å². The minimum atomic E-state index is -1.25. The molecule has 1 aromatic carbocycles. The van der Waals surface area contributed by atoms with Crippen LogP contribution in [0.15, 0.2) is 18.2 Å². The first-order valence-electron chi connectivity index (χ1n) is 4.17. The Kier molecular flexibility index (Phi) is 3.26. The molecule has 15 heavy (non-hydrogen) atoms. The van der Waals surface area contributed by atoms with Crippen molar-refractivity contribution >= 4 is 5.97 Å². The molecule has 0 fully saturated rings. The summed E-state index contributed by atoms with van der Waals surface area (Å²) in [5, 5.41) is 17.6. The predicted octanol–water partition coefficient (Wildman–Crippen LogP) is 0.651. The van der Waals surface area contributed by atoms with Crippen LogP contribution in [-0.2, 0) is 4.79 Å². The van der Waals surface area contributed by atoms with Crippen LogP contribution in [0.1, 0.15) is 17.2 Å². The molecule has 0 aliphatic rings. The summed E-state index contributed by atoms with van der Waals surface area (Å²) in [5.74, 6) is -0.889. The first kappa shape index (κ1) is 11.0. The lowest BCUT2D eigenvalue weighted by atomic mass is 10.0. The topological polar surface area (TPSA) is 96.3 Å². The molecule has 1 rings (SSSR count). The number of carboxylic acids is 1. The Morgan fingerprint density at radius 2 is 2.33 bits per heavy atom. The van der Waals surface area contributed by atoms with E-state index in [0.717, 1.165) is 0 Å². The quantitative estimate of drug-likeness (QED) is 0.756. The van der Waals surface area contributed by atoms with Gasteiger partial charge in [-0.1, -0.05) is 6.07 Å². The number of carboxylic acid groups (broad SMARTS) is 1. The highest BCUT2D eigenvalue weighted by molar-refractivity contribution is 5.77. The molecule has 0 bridgehead atoms. The van der Waals surface area contributed by atoms with Crippen molar-refractivity contribution in [2.75, 3.05) is 7.11 Å². The highest BCUT2D eigenvalue weighted by Gasteiger charge is 2.22. The molecule has 0 spiro atoms. The molecule has 0 aromatic heterocycles. The Hall–Kier alpha value is -2.06. The average molecular weight is 206 g/mol. The zero-order valence-electron chi connectivity index (χ0n) is 8.10. The summed E-state index contributed by atoms with van der Waals surface area (Å²) < 4.78 is 4.96. The monoisotopic (exact) mass is 206 g/mol. The van der Waals surface area contributed by atoms with E-state index in [-0.39, 0.29) is 11.1 Å². The second-order valence-corrected chi connectivity index (χ2v) is 2.85. The summed E-state index contributed by atoms with van der Waals surface area (Å²) >= 11 is 0. The van der Waals surface area contributed by atoms with Gasteiger partial charge in [0.25, 0.3) is 0 Å². The molecule has 0 saturated carbocycles. The van der Waals surface area contributed by atoms with Gasteiger partial charge in [-0.25, -0.2) is 0 Å². The average Bonchev–Trinajstić information content (AvgIpc) is 2.26. The maximum Gasteiger partial charge on any atom is 0.325 e. The van der Waals surface area contributed by atoms with Gasteiger partial charge in [-0.05, 0) is 12.1 Å². The lowest BCUT2D eigenvalue weighted by molar-refractivity contribution is -0.138. The van der Waals surface area contributed by atoms with Crippen LogP contribution < -0.4 is 10.5 Å². The zero-order chi connectivity index (χ0) is 11.4. The van der Waals surface area contributed by atoms with Gasteiger partial charge in [0, 0.05) is 5.56 Å². The number of hydrogen-bond donors (Lipinski definition) is 2. The van der Waals surface area contributed by atoms with Crippen molar-refractivity contribution in [2.45, 2.75) is 6.04 Å². The number of hydrogen-bond acceptors (Lipinski definition) is 4. The van der Waals surface area contributed by atoms with Gasteiger partial charge in [-0.3, -0.25) is 4.79 Å². The van der Waals surface area contributed by atoms with Crippen molar-refractivity contribution in [1.29, 1.82) is 5.26 Å². The molecule has 0 amide bonds. The van der Waals surface area contributed by atoms with Gasteiger partial charge in [0.2, 0.25) is 0 Å². The van der Waals surface area contributed by atoms with Crippen molar-refractivity contribution in [2.24, 2.45) is 5.73 Å². The molecule has 1 aromatic rings. The lowest BCUT2D eigenvalue weighted by Gasteiger charge is -2.13. The Balaban J connectivity index is 3.35. The number of rotatable bonds is 3. The molecule has 5 nitrogen and oxygen atoms in total. The highest BCUT2D eigenvalue weighted by atomic mass is 16.5. The van der Waals surface area contributed by atoms with Crippen LogP contribution in [0.2, 0.25) is 0 Å². The van der Waals surface area contributed by atoms with Gasteiger partial charge in [0.15, 0.2) is 0 Å². The molecule has 0 radical (unpaired) electrons. The summed E-state index contributed by atoms with van der Waals surface area (Å²) in [6.07, 6.45) is 0. The maximum atomic E-state index is 10.7. The Morgan fingerprint density at radius 3 is 2.80 bits per heavy atom. The van der Waals surface area contributed by atoms with Crippen LogP contribution >= 0.6 is 0 Å². The third-order valence-electron chi connectivity index (χ3n) is 1.98. The van der Waals surface area contributed by atoms with E-state index in [4.69, 9.17) is 20.8 Å². The second kappa shape index (κ2) is 4.44. The molecule has 1 atom stereocenters. The Morgan fingerprint density at radius 1 is 1.67 bits per heavy atom.